The van der Waals surface area contributed by atoms with Crippen LogP contribution in [-0.2, 0) is 17.4 Å². The molecule has 166 valence electrons. The van der Waals surface area contributed by atoms with Gasteiger partial charge in [-0.3, -0.25) is 9.83 Å². The second-order valence-corrected chi connectivity index (χ2v) is 7.57. The van der Waals surface area contributed by atoms with Gasteiger partial charge < -0.3 is 4.74 Å². The van der Waals surface area contributed by atoms with Crippen LogP contribution in [0.3, 0.4) is 0 Å². The van der Waals surface area contributed by atoms with Crippen molar-refractivity contribution in [3.8, 4) is 11.5 Å². The zero-order valence-corrected chi connectivity index (χ0v) is 17.5. The van der Waals surface area contributed by atoms with E-state index in [0.29, 0.717) is 24.4 Å². The normalized spacial score (nSPS) is 16.3. The zero-order valence-electron chi connectivity index (χ0n) is 17.5. The third-order valence-corrected chi connectivity index (χ3v) is 5.05. The molecule has 0 amide bonds. The molecule has 3 aromatic rings. The lowest BCUT2D eigenvalue weighted by molar-refractivity contribution is -0.137. The van der Waals surface area contributed by atoms with E-state index >= 15 is 0 Å². The largest absolute Gasteiger partial charge is 0.455 e. The van der Waals surface area contributed by atoms with E-state index in [1.54, 1.807) is 0 Å². The van der Waals surface area contributed by atoms with Gasteiger partial charge in [-0.05, 0) is 49.6 Å². The highest BCUT2D eigenvalue weighted by Gasteiger charge is 2.31. The number of aliphatic imine (C=N–C) groups is 1. The van der Waals surface area contributed by atoms with Crippen LogP contribution < -0.4 is 10.2 Å². The van der Waals surface area contributed by atoms with Crippen LogP contribution in [-0.4, -0.2) is 28.7 Å². The molecule has 6 nitrogen and oxygen atoms in total. The molecule has 4 rings (SSSR count). The molecule has 0 fully saturated rings. The molecule has 0 bridgehead atoms. The highest BCUT2D eigenvalue weighted by molar-refractivity contribution is 6.00. The Morgan fingerprint density at radius 2 is 1.91 bits per heavy atom. The molecule has 0 saturated heterocycles. The number of amidine groups is 1. The van der Waals surface area contributed by atoms with Crippen LogP contribution in [0.5, 0.6) is 11.5 Å². The molecular weight excluding hydrogens is 421 g/mol. The van der Waals surface area contributed by atoms with Gasteiger partial charge in [-0.2, -0.15) is 23.4 Å². The number of hydroxylamine groups is 1. The summed E-state index contributed by atoms with van der Waals surface area (Å²) in [7, 11) is 0. The van der Waals surface area contributed by atoms with Gasteiger partial charge in [-0.25, -0.2) is 5.48 Å². The molecule has 2 heterocycles. The van der Waals surface area contributed by atoms with Crippen LogP contribution in [0.15, 0.2) is 59.9 Å². The predicted octanol–water partition coefficient (Wildman–Crippen LogP) is 4.80. The van der Waals surface area contributed by atoms with Crippen molar-refractivity contribution in [1.29, 1.82) is 0 Å². The Balaban J connectivity index is 1.59. The SMILES string of the molecule is Cc1ccc(C[C@@H]2CONC(c3cnncc3Oc3cccc(C(F)(F)F)c3)=N2)c(C)c1. The first kappa shape index (κ1) is 21.8. The maximum atomic E-state index is 13.0. The summed E-state index contributed by atoms with van der Waals surface area (Å²) in [6, 6.07) is 10.7. The second-order valence-electron chi connectivity index (χ2n) is 7.57. The van der Waals surface area contributed by atoms with Crippen molar-refractivity contribution in [1.82, 2.24) is 15.7 Å². The fraction of sp³-hybridized carbons (Fsp3) is 0.261. The lowest BCUT2D eigenvalue weighted by Crippen LogP contribution is -2.37. The fourth-order valence-electron chi connectivity index (χ4n) is 3.44. The third kappa shape index (κ3) is 5.05. The van der Waals surface area contributed by atoms with E-state index in [9.17, 15) is 13.2 Å². The van der Waals surface area contributed by atoms with Crippen molar-refractivity contribution in [2.75, 3.05) is 6.61 Å². The number of rotatable bonds is 5. The molecule has 9 heteroatoms. The number of aryl methyl sites for hydroxylation is 2. The van der Waals surface area contributed by atoms with E-state index in [4.69, 9.17) is 14.6 Å². The molecule has 1 aliphatic rings. The molecule has 0 saturated carbocycles. The molecule has 1 aliphatic heterocycles. The quantitative estimate of drug-likeness (QED) is 0.615. The van der Waals surface area contributed by atoms with E-state index in [1.807, 2.05) is 6.92 Å². The Morgan fingerprint density at radius 1 is 1.09 bits per heavy atom. The van der Waals surface area contributed by atoms with E-state index in [-0.39, 0.29) is 17.5 Å². The molecule has 0 aliphatic carbocycles. The monoisotopic (exact) mass is 442 g/mol. The van der Waals surface area contributed by atoms with Gasteiger partial charge in [0, 0.05) is 0 Å². The number of halogens is 3. The highest BCUT2D eigenvalue weighted by atomic mass is 19.4. The summed E-state index contributed by atoms with van der Waals surface area (Å²) >= 11 is 0. The first-order valence-corrected chi connectivity index (χ1v) is 9.97. The maximum Gasteiger partial charge on any atom is 0.416 e. The summed E-state index contributed by atoms with van der Waals surface area (Å²) < 4.78 is 44.8. The van der Waals surface area contributed by atoms with Crippen molar-refractivity contribution in [2.45, 2.75) is 32.5 Å². The van der Waals surface area contributed by atoms with E-state index in [1.165, 1.54) is 41.2 Å². The van der Waals surface area contributed by atoms with Crippen LogP contribution in [0.2, 0.25) is 0 Å². The average molecular weight is 442 g/mol. The van der Waals surface area contributed by atoms with Crippen LogP contribution in [0, 0.1) is 13.8 Å². The van der Waals surface area contributed by atoms with Gasteiger partial charge in [-0.15, -0.1) is 0 Å². The van der Waals surface area contributed by atoms with Crippen molar-refractivity contribution in [3.63, 3.8) is 0 Å². The number of benzene rings is 2. The third-order valence-electron chi connectivity index (χ3n) is 5.05. The zero-order chi connectivity index (χ0) is 22.7. The van der Waals surface area contributed by atoms with Crippen LogP contribution >= 0.6 is 0 Å². The van der Waals surface area contributed by atoms with Gasteiger partial charge in [0.25, 0.3) is 0 Å². The van der Waals surface area contributed by atoms with Crippen LogP contribution in [0.25, 0.3) is 0 Å². The average Bonchev–Trinajstić information content (AvgIpc) is 2.76. The number of aromatic nitrogens is 2. The summed E-state index contributed by atoms with van der Waals surface area (Å²) in [5.41, 5.74) is 5.93. The van der Waals surface area contributed by atoms with Crippen molar-refractivity contribution in [3.05, 3.63) is 82.7 Å². The van der Waals surface area contributed by atoms with Crippen molar-refractivity contribution < 1.29 is 22.7 Å². The fourth-order valence-corrected chi connectivity index (χ4v) is 3.44. The van der Waals surface area contributed by atoms with Crippen molar-refractivity contribution >= 4 is 5.84 Å². The number of nitrogens with one attached hydrogen (secondary N) is 1. The number of hydrogen-bond acceptors (Lipinski definition) is 6. The van der Waals surface area contributed by atoms with Gasteiger partial charge in [0.05, 0.1) is 36.2 Å². The van der Waals surface area contributed by atoms with Gasteiger partial charge in [0.1, 0.15) is 5.75 Å². The molecular formula is C23H21F3N4O2. The van der Waals surface area contributed by atoms with E-state index in [0.717, 1.165) is 12.1 Å². The molecule has 0 unspecified atom stereocenters. The van der Waals surface area contributed by atoms with E-state index < -0.39 is 11.7 Å². The van der Waals surface area contributed by atoms with Gasteiger partial charge in [0.15, 0.2) is 11.6 Å². The smallest absolute Gasteiger partial charge is 0.416 e. The van der Waals surface area contributed by atoms with Crippen LogP contribution in [0.1, 0.15) is 27.8 Å². The number of nitrogens with zero attached hydrogens (tertiary/aromatic N) is 3. The lowest BCUT2D eigenvalue weighted by Gasteiger charge is -2.23. The summed E-state index contributed by atoms with van der Waals surface area (Å²) in [5.74, 6) is 0.613. The van der Waals surface area contributed by atoms with Crippen molar-refractivity contribution in [2.24, 2.45) is 4.99 Å². The first-order valence-electron chi connectivity index (χ1n) is 9.97. The lowest BCUT2D eigenvalue weighted by atomic mass is 9.99. The molecule has 1 aromatic heterocycles. The maximum absolute atomic E-state index is 13.0. The second kappa shape index (κ2) is 8.96. The van der Waals surface area contributed by atoms with Gasteiger partial charge >= 0.3 is 6.18 Å². The Kier molecular flexibility index (Phi) is 6.09. The van der Waals surface area contributed by atoms with Crippen LogP contribution in [0.4, 0.5) is 13.2 Å². The Labute approximate surface area is 183 Å². The molecule has 0 radical (unpaired) electrons. The standard InChI is InChI=1S/C23H21F3N4O2/c1-14-6-7-16(15(2)8-14)9-18-13-31-30-22(29-18)20-11-27-28-12-21(20)32-19-5-3-4-17(10-19)23(24,25)26/h3-8,10-12,18H,9,13H2,1-2H3,(H,29,30)/t18-/m1/s1. The summed E-state index contributed by atoms with van der Waals surface area (Å²) in [6.45, 7) is 4.48. The summed E-state index contributed by atoms with van der Waals surface area (Å²) in [6.07, 6.45) is -1.03. The first-order chi connectivity index (χ1) is 15.3. The topological polar surface area (TPSA) is 68.6 Å². The van der Waals surface area contributed by atoms with Gasteiger partial charge in [0.2, 0.25) is 0 Å². The van der Waals surface area contributed by atoms with E-state index in [2.05, 4.69) is 40.8 Å². The minimum atomic E-state index is -4.47. The number of alkyl halides is 3. The van der Waals surface area contributed by atoms with Gasteiger partial charge in [-0.1, -0.05) is 29.8 Å². The minimum absolute atomic E-state index is 0.0261. The molecule has 2 aromatic carbocycles. The summed E-state index contributed by atoms with van der Waals surface area (Å²) in [4.78, 5) is 10.2. The summed E-state index contributed by atoms with van der Waals surface area (Å²) in [5, 5.41) is 7.66. The molecule has 1 atom stereocenters. The highest BCUT2D eigenvalue weighted by Crippen LogP contribution is 2.33. The number of hydrogen-bond donors (Lipinski definition) is 1. The number of ether oxygens (including phenoxy) is 1. The molecule has 0 spiro atoms. The predicted molar refractivity (Wildman–Crippen MR) is 113 cm³/mol. The minimum Gasteiger partial charge on any atom is -0.455 e. The molecule has 32 heavy (non-hydrogen) atoms. The molecule has 1 N–H and O–H groups in total. The Bertz CT molecular complexity index is 1150. The Morgan fingerprint density at radius 3 is 2.69 bits per heavy atom. The Hall–Kier alpha value is -3.46.